The molecule has 0 saturated carbocycles. The van der Waals surface area contributed by atoms with E-state index in [-0.39, 0.29) is 0 Å². The van der Waals surface area contributed by atoms with Crippen molar-refractivity contribution in [2.75, 3.05) is 53.0 Å². The lowest BCUT2D eigenvalue weighted by Gasteiger charge is -2.42. The number of pyridine rings is 1. The van der Waals surface area contributed by atoms with Crippen molar-refractivity contribution in [3.63, 3.8) is 0 Å². The third-order valence-electron chi connectivity index (χ3n) is 5.70. The summed E-state index contributed by atoms with van der Waals surface area (Å²) in [5.41, 5.74) is 1.59. The molecule has 1 N–H and O–H groups in total. The van der Waals surface area contributed by atoms with Crippen molar-refractivity contribution in [1.82, 2.24) is 14.8 Å². The summed E-state index contributed by atoms with van der Waals surface area (Å²) in [4.78, 5) is 9.20. The Morgan fingerprint density at radius 2 is 2.17 bits per heavy atom. The maximum absolute atomic E-state index is 9.85. The highest BCUT2D eigenvalue weighted by atomic mass is 16.5. The first-order chi connectivity index (χ1) is 11.3. The maximum Gasteiger partial charge on any atom is 0.0589 e. The van der Waals surface area contributed by atoms with Gasteiger partial charge in [-0.25, -0.2) is 0 Å². The monoisotopic (exact) mass is 319 g/mol. The zero-order chi connectivity index (χ0) is 16.1. The Balaban J connectivity index is 1.56. The molecule has 2 aliphatic rings. The van der Waals surface area contributed by atoms with E-state index in [1.807, 2.05) is 18.5 Å². The standard InChI is InChI=1S/C18H29N3O2/c1-23-10-9-21-13-17(14-22)18(15-21)4-7-20(8-5-18)12-16-3-2-6-19-11-16/h2-3,6,11,17,22H,4-5,7-10,12-15H2,1H3. The molecule has 3 heterocycles. The van der Waals surface area contributed by atoms with Gasteiger partial charge >= 0.3 is 0 Å². The van der Waals surface area contributed by atoms with E-state index >= 15 is 0 Å². The van der Waals surface area contributed by atoms with Crippen LogP contribution in [0.25, 0.3) is 0 Å². The van der Waals surface area contributed by atoms with Crippen molar-refractivity contribution in [2.24, 2.45) is 11.3 Å². The molecule has 1 aromatic heterocycles. The Morgan fingerprint density at radius 1 is 1.35 bits per heavy atom. The predicted molar refractivity (Wildman–Crippen MR) is 90.1 cm³/mol. The molecule has 2 aliphatic heterocycles. The van der Waals surface area contributed by atoms with Crippen LogP contribution in [0, 0.1) is 11.3 Å². The molecule has 3 rings (SSSR count). The van der Waals surface area contributed by atoms with Gasteiger partial charge in [0.1, 0.15) is 0 Å². The smallest absolute Gasteiger partial charge is 0.0589 e. The Morgan fingerprint density at radius 3 is 2.83 bits per heavy atom. The first-order valence-corrected chi connectivity index (χ1v) is 8.69. The molecule has 2 fully saturated rings. The summed E-state index contributed by atoms with van der Waals surface area (Å²) in [6.45, 7) is 7.42. The summed E-state index contributed by atoms with van der Waals surface area (Å²) in [5.74, 6) is 0.417. The molecule has 1 atom stereocenters. The summed E-state index contributed by atoms with van der Waals surface area (Å²) in [7, 11) is 1.76. The van der Waals surface area contributed by atoms with Crippen LogP contribution in [0.15, 0.2) is 24.5 Å². The zero-order valence-corrected chi connectivity index (χ0v) is 14.2. The number of aliphatic hydroxyl groups excluding tert-OH is 1. The van der Waals surface area contributed by atoms with Crippen molar-refractivity contribution in [3.8, 4) is 0 Å². The minimum Gasteiger partial charge on any atom is -0.396 e. The molecule has 0 bridgehead atoms. The normalized spacial score (nSPS) is 25.2. The molecule has 23 heavy (non-hydrogen) atoms. The minimum atomic E-state index is 0.300. The van der Waals surface area contributed by atoms with Gasteiger partial charge in [-0.15, -0.1) is 0 Å². The van der Waals surface area contributed by atoms with Crippen LogP contribution in [0.3, 0.4) is 0 Å². The highest BCUT2D eigenvalue weighted by Gasteiger charge is 2.47. The van der Waals surface area contributed by atoms with E-state index in [0.717, 1.165) is 45.9 Å². The molecule has 1 spiro atoms. The number of nitrogens with zero attached hydrogens (tertiary/aromatic N) is 3. The molecule has 2 saturated heterocycles. The Bertz CT molecular complexity index is 474. The van der Waals surface area contributed by atoms with E-state index in [2.05, 4.69) is 20.9 Å². The first kappa shape index (κ1) is 16.8. The second-order valence-corrected chi connectivity index (χ2v) is 7.11. The largest absolute Gasteiger partial charge is 0.396 e. The number of hydrogen-bond acceptors (Lipinski definition) is 5. The topological polar surface area (TPSA) is 48.8 Å². The molecule has 128 valence electrons. The molecule has 5 heteroatoms. The fourth-order valence-electron chi connectivity index (χ4n) is 4.26. The summed E-state index contributed by atoms with van der Waals surface area (Å²) < 4.78 is 5.21. The van der Waals surface area contributed by atoms with E-state index in [1.165, 1.54) is 18.4 Å². The highest BCUT2D eigenvalue weighted by molar-refractivity contribution is 5.09. The van der Waals surface area contributed by atoms with Gasteiger partial charge in [-0.05, 0) is 43.0 Å². The number of rotatable bonds is 6. The number of methoxy groups -OCH3 is 1. The highest BCUT2D eigenvalue weighted by Crippen LogP contribution is 2.44. The summed E-state index contributed by atoms with van der Waals surface area (Å²) >= 11 is 0. The zero-order valence-electron chi connectivity index (χ0n) is 14.2. The van der Waals surface area contributed by atoms with E-state index in [0.29, 0.717) is 17.9 Å². The lowest BCUT2D eigenvalue weighted by Crippen LogP contribution is -2.44. The van der Waals surface area contributed by atoms with Crippen LogP contribution in [0.5, 0.6) is 0 Å². The molecule has 1 unspecified atom stereocenters. The van der Waals surface area contributed by atoms with Crippen LogP contribution < -0.4 is 0 Å². The molecule has 0 aromatic carbocycles. The molecule has 5 nitrogen and oxygen atoms in total. The van der Waals surface area contributed by atoms with Crippen LogP contribution >= 0.6 is 0 Å². The van der Waals surface area contributed by atoms with Gasteiger partial charge in [0.2, 0.25) is 0 Å². The lowest BCUT2D eigenvalue weighted by atomic mass is 9.71. The second-order valence-electron chi connectivity index (χ2n) is 7.11. The molecule has 0 amide bonds. The number of ether oxygens (including phenoxy) is 1. The molecule has 1 aromatic rings. The Hall–Kier alpha value is -1.01. The molecular weight excluding hydrogens is 290 g/mol. The van der Waals surface area contributed by atoms with Crippen LogP contribution in [0.1, 0.15) is 18.4 Å². The Labute approximate surface area is 139 Å². The summed E-state index contributed by atoms with van der Waals surface area (Å²) in [6, 6.07) is 4.16. The van der Waals surface area contributed by atoms with Crippen molar-refractivity contribution < 1.29 is 9.84 Å². The van der Waals surface area contributed by atoms with Crippen LogP contribution in [-0.2, 0) is 11.3 Å². The summed E-state index contributed by atoms with van der Waals surface area (Å²) in [5, 5.41) is 9.85. The quantitative estimate of drug-likeness (QED) is 0.855. The van der Waals surface area contributed by atoms with Crippen molar-refractivity contribution in [2.45, 2.75) is 19.4 Å². The SMILES string of the molecule is COCCN1CC(CO)C2(CCN(Cc3cccnc3)CC2)C1. The third-order valence-corrected chi connectivity index (χ3v) is 5.70. The van der Waals surface area contributed by atoms with E-state index in [1.54, 1.807) is 7.11 Å². The van der Waals surface area contributed by atoms with Gasteiger partial charge in [0.15, 0.2) is 0 Å². The van der Waals surface area contributed by atoms with Gasteiger partial charge in [-0.3, -0.25) is 9.88 Å². The van der Waals surface area contributed by atoms with Crippen molar-refractivity contribution in [3.05, 3.63) is 30.1 Å². The number of aliphatic hydroxyl groups is 1. The average Bonchev–Trinajstić information content (AvgIpc) is 2.93. The van der Waals surface area contributed by atoms with Crippen LogP contribution in [-0.4, -0.2) is 72.9 Å². The molecule has 0 radical (unpaired) electrons. The number of likely N-dealkylation sites (tertiary alicyclic amines) is 2. The number of piperidine rings is 1. The maximum atomic E-state index is 9.85. The van der Waals surface area contributed by atoms with Gasteiger partial charge in [0.25, 0.3) is 0 Å². The van der Waals surface area contributed by atoms with Crippen LogP contribution in [0.2, 0.25) is 0 Å². The predicted octanol–water partition coefficient (Wildman–Crippen LogP) is 1.23. The third kappa shape index (κ3) is 3.91. The lowest BCUT2D eigenvalue weighted by molar-refractivity contribution is 0.0477. The van der Waals surface area contributed by atoms with E-state index < -0.39 is 0 Å². The average molecular weight is 319 g/mol. The fourth-order valence-corrected chi connectivity index (χ4v) is 4.26. The first-order valence-electron chi connectivity index (χ1n) is 8.69. The number of hydrogen-bond donors (Lipinski definition) is 1. The summed E-state index contributed by atoms with van der Waals surface area (Å²) in [6.07, 6.45) is 6.15. The van der Waals surface area contributed by atoms with Gasteiger partial charge < -0.3 is 14.7 Å². The van der Waals surface area contributed by atoms with Crippen molar-refractivity contribution >= 4 is 0 Å². The van der Waals surface area contributed by atoms with Gasteiger partial charge in [0.05, 0.1) is 6.61 Å². The van der Waals surface area contributed by atoms with Crippen LogP contribution in [0.4, 0.5) is 0 Å². The number of aromatic nitrogens is 1. The molecular formula is C18H29N3O2. The second kappa shape index (κ2) is 7.71. The van der Waals surface area contributed by atoms with Gasteiger partial charge in [-0.1, -0.05) is 6.07 Å². The Kier molecular flexibility index (Phi) is 5.64. The minimum absolute atomic E-state index is 0.300. The van der Waals surface area contributed by atoms with E-state index in [9.17, 15) is 5.11 Å². The van der Waals surface area contributed by atoms with Crippen molar-refractivity contribution in [1.29, 1.82) is 0 Å². The van der Waals surface area contributed by atoms with Gasteiger partial charge in [-0.2, -0.15) is 0 Å². The van der Waals surface area contributed by atoms with E-state index in [4.69, 9.17) is 4.74 Å². The molecule has 0 aliphatic carbocycles. The fraction of sp³-hybridized carbons (Fsp3) is 0.722. The van der Waals surface area contributed by atoms with Gasteiger partial charge in [0, 0.05) is 58.2 Å².